The number of imidazole rings is 1. The van der Waals surface area contributed by atoms with E-state index in [0.717, 1.165) is 11.3 Å². The number of carbonyl (C=O) groups excluding carboxylic acids is 2. The standard InChI is InChI=1S/C24H23N7O2/c1-30(14-20-13-27-15-31(20)2)24(33)17-5-3-16(4-6-17)18-11-21(22(25)28-12-18)23(32)29-19-7-9-26-10-8-19/h3-13,15H,14H2,1-2H3,(H2,25,28)(H,26,29,32). The number of nitrogens with two attached hydrogens (primary N) is 1. The molecule has 3 N–H and O–H groups in total. The molecule has 0 aliphatic heterocycles. The van der Waals surface area contributed by atoms with E-state index in [2.05, 4.69) is 20.3 Å². The van der Waals surface area contributed by atoms with Crippen LogP contribution in [0.5, 0.6) is 0 Å². The number of nitrogen functional groups attached to an aromatic ring is 1. The van der Waals surface area contributed by atoms with E-state index in [1.54, 1.807) is 73.4 Å². The molecule has 33 heavy (non-hydrogen) atoms. The smallest absolute Gasteiger partial charge is 0.259 e. The highest BCUT2D eigenvalue weighted by molar-refractivity contribution is 6.07. The van der Waals surface area contributed by atoms with Crippen molar-refractivity contribution in [1.82, 2.24) is 24.4 Å². The lowest BCUT2D eigenvalue weighted by atomic mass is 10.0. The Morgan fingerprint density at radius 1 is 1.03 bits per heavy atom. The van der Waals surface area contributed by atoms with Crippen molar-refractivity contribution in [3.8, 4) is 11.1 Å². The largest absolute Gasteiger partial charge is 0.383 e. The predicted molar refractivity (Wildman–Crippen MR) is 125 cm³/mol. The van der Waals surface area contributed by atoms with Gasteiger partial charge in [0.05, 0.1) is 24.1 Å². The molecule has 3 aromatic heterocycles. The quantitative estimate of drug-likeness (QED) is 0.475. The van der Waals surface area contributed by atoms with Crippen molar-refractivity contribution in [1.29, 1.82) is 0 Å². The van der Waals surface area contributed by atoms with E-state index in [9.17, 15) is 9.59 Å². The van der Waals surface area contributed by atoms with E-state index in [-0.39, 0.29) is 23.2 Å². The number of nitrogens with zero attached hydrogens (tertiary/aromatic N) is 5. The lowest BCUT2D eigenvalue weighted by Crippen LogP contribution is -2.27. The zero-order valence-electron chi connectivity index (χ0n) is 18.3. The number of amides is 2. The minimum absolute atomic E-state index is 0.101. The van der Waals surface area contributed by atoms with E-state index in [4.69, 9.17) is 5.73 Å². The summed E-state index contributed by atoms with van der Waals surface area (Å²) in [6, 6.07) is 12.2. The zero-order chi connectivity index (χ0) is 23.4. The molecule has 2 amide bonds. The maximum absolute atomic E-state index is 12.8. The number of aromatic nitrogens is 4. The molecule has 4 aromatic rings. The van der Waals surface area contributed by atoms with Crippen LogP contribution in [0, 0.1) is 0 Å². The average molecular weight is 441 g/mol. The second-order valence-electron chi connectivity index (χ2n) is 7.58. The van der Waals surface area contributed by atoms with Crippen molar-refractivity contribution in [2.45, 2.75) is 6.54 Å². The zero-order valence-corrected chi connectivity index (χ0v) is 18.3. The van der Waals surface area contributed by atoms with Gasteiger partial charge in [-0.05, 0) is 35.9 Å². The first-order valence-corrected chi connectivity index (χ1v) is 10.2. The van der Waals surface area contributed by atoms with Gasteiger partial charge in [0.1, 0.15) is 5.82 Å². The molecule has 4 rings (SSSR count). The normalized spacial score (nSPS) is 10.6. The fourth-order valence-electron chi connectivity index (χ4n) is 3.33. The van der Waals surface area contributed by atoms with E-state index in [1.165, 1.54) is 0 Å². The molecular weight excluding hydrogens is 418 g/mol. The molecule has 9 heteroatoms. The molecular formula is C24H23N7O2. The van der Waals surface area contributed by atoms with Crippen LogP contribution < -0.4 is 11.1 Å². The number of pyridine rings is 2. The van der Waals surface area contributed by atoms with Crippen LogP contribution in [-0.4, -0.2) is 43.3 Å². The summed E-state index contributed by atoms with van der Waals surface area (Å²) in [7, 11) is 3.64. The van der Waals surface area contributed by atoms with Gasteiger partial charge in [0.2, 0.25) is 0 Å². The molecule has 9 nitrogen and oxygen atoms in total. The Bertz CT molecular complexity index is 1280. The predicted octanol–water partition coefficient (Wildman–Crippen LogP) is 2.98. The summed E-state index contributed by atoms with van der Waals surface area (Å²) in [6.07, 6.45) is 8.22. The van der Waals surface area contributed by atoms with E-state index in [1.807, 2.05) is 23.7 Å². The number of rotatable bonds is 6. The number of aryl methyl sites for hydroxylation is 1. The molecule has 3 heterocycles. The van der Waals surface area contributed by atoms with Crippen LogP contribution in [0.15, 0.2) is 73.6 Å². The van der Waals surface area contributed by atoms with Crippen LogP contribution >= 0.6 is 0 Å². The number of benzene rings is 1. The lowest BCUT2D eigenvalue weighted by molar-refractivity contribution is 0.0782. The molecule has 0 atom stereocenters. The van der Waals surface area contributed by atoms with Crippen molar-refractivity contribution in [3.63, 3.8) is 0 Å². The molecule has 0 spiro atoms. The van der Waals surface area contributed by atoms with Gasteiger partial charge in [-0.3, -0.25) is 14.6 Å². The monoisotopic (exact) mass is 441 g/mol. The molecule has 1 aromatic carbocycles. The Morgan fingerprint density at radius 2 is 1.76 bits per heavy atom. The van der Waals surface area contributed by atoms with Crippen LogP contribution in [0.4, 0.5) is 11.5 Å². The first-order valence-electron chi connectivity index (χ1n) is 10.2. The summed E-state index contributed by atoms with van der Waals surface area (Å²) < 4.78 is 1.88. The second kappa shape index (κ2) is 9.31. The van der Waals surface area contributed by atoms with Crippen molar-refractivity contribution in [3.05, 3.63) is 90.4 Å². The summed E-state index contributed by atoms with van der Waals surface area (Å²) in [5, 5.41) is 2.78. The van der Waals surface area contributed by atoms with Crippen LogP contribution in [0.2, 0.25) is 0 Å². The third-order valence-electron chi connectivity index (χ3n) is 5.23. The summed E-state index contributed by atoms with van der Waals surface area (Å²) in [5.41, 5.74) is 9.84. The fraction of sp³-hybridized carbons (Fsp3) is 0.125. The van der Waals surface area contributed by atoms with Crippen LogP contribution in [0.25, 0.3) is 11.1 Å². The van der Waals surface area contributed by atoms with Crippen LogP contribution in [-0.2, 0) is 13.6 Å². The Hall–Kier alpha value is -4.53. The SMILES string of the molecule is CN(Cc1cncn1C)C(=O)c1ccc(-c2cnc(N)c(C(=O)Nc3ccncc3)c2)cc1. The molecule has 0 unspecified atom stereocenters. The number of anilines is 2. The third-order valence-corrected chi connectivity index (χ3v) is 5.23. The number of hydrogen-bond acceptors (Lipinski definition) is 6. The maximum Gasteiger partial charge on any atom is 0.259 e. The maximum atomic E-state index is 12.8. The summed E-state index contributed by atoms with van der Waals surface area (Å²) in [5.74, 6) is -0.332. The number of nitrogens with one attached hydrogen (secondary N) is 1. The fourth-order valence-corrected chi connectivity index (χ4v) is 3.33. The van der Waals surface area contributed by atoms with Crippen molar-refractivity contribution in [2.24, 2.45) is 7.05 Å². The molecule has 0 saturated heterocycles. The minimum atomic E-state index is -0.364. The average Bonchev–Trinajstić information content (AvgIpc) is 3.23. The molecule has 0 aliphatic rings. The van der Waals surface area contributed by atoms with Gasteiger partial charge in [-0.15, -0.1) is 0 Å². The first kappa shape index (κ1) is 21.7. The molecule has 0 radical (unpaired) electrons. The van der Waals surface area contributed by atoms with Gasteiger partial charge < -0.3 is 20.5 Å². The van der Waals surface area contributed by atoms with E-state index >= 15 is 0 Å². The van der Waals surface area contributed by atoms with E-state index in [0.29, 0.717) is 23.4 Å². The molecule has 0 bridgehead atoms. The minimum Gasteiger partial charge on any atom is -0.383 e. The van der Waals surface area contributed by atoms with Gasteiger partial charge in [-0.25, -0.2) is 9.97 Å². The van der Waals surface area contributed by atoms with Gasteiger partial charge in [-0.1, -0.05) is 12.1 Å². The van der Waals surface area contributed by atoms with Gasteiger partial charge >= 0.3 is 0 Å². The van der Waals surface area contributed by atoms with Crippen LogP contribution in [0.3, 0.4) is 0 Å². The highest BCUT2D eigenvalue weighted by Crippen LogP contribution is 2.24. The molecule has 0 saturated carbocycles. The molecule has 0 aliphatic carbocycles. The molecule has 0 fully saturated rings. The van der Waals surface area contributed by atoms with Crippen molar-refractivity contribution < 1.29 is 9.59 Å². The molecule has 166 valence electrons. The van der Waals surface area contributed by atoms with Gasteiger partial charge in [0.25, 0.3) is 11.8 Å². The van der Waals surface area contributed by atoms with Gasteiger partial charge in [0, 0.05) is 55.7 Å². The van der Waals surface area contributed by atoms with Gasteiger partial charge in [0.15, 0.2) is 0 Å². The summed E-state index contributed by atoms with van der Waals surface area (Å²) >= 11 is 0. The number of carbonyl (C=O) groups is 2. The first-order chi connectivity index (χ1) is 15.9. The van der Waals surface area contributed by atoms with Crippen LogP contribution in [0.1, 0.15) is 26.4 Å². The topological polar surface area (TPSA) is 119 Å². The summed E-state index contributed by atoms with van der Waals surface area (Å²) in [4.78, 5) is 39.3. The van der Waals surface area contributed by atoms with E-state index < -0.39 is 0 Å². The Balaban J connectivity index is 1.50. The number of hydrogen-bond donors (Lipinski definition) is 2. The van der Waals surface area contributed by atoms with Crippen molar-refractivity contribution >= 4 is 23.3 Å². The highest BCUT2D eigenvalue weighted by atomic mass is 16.2. The Labute approximate surface area is 190 Å². The third kappa shape index (κ3) is 4.87. The van der Waals surface area contributed by atoms with Crippen molar-refractivity contribution in [2.75, 3.05) is 18.1 Å². The Kier molecular flexibility index (Phi) is 6.12. The highest BCUT2D eigenvalue weighted by Gasteiger charge is 2.16. The Morgan fingerprint density at radius 3 is 2.42 bits per heavy atom. The summed E-state index contributed by atoms with van der Waals surface area (Å²) in [6.45, 7) is 0.453. The second-order valence-corrected chi connectivity index (χ2v) is 7.58. The van der Waals surface area contributed by atoms with Gasteiger partial charge in [-0.2, -0.15) is 0 Å². The lowest BCUT2D eigenvalue weighted by Gasteiger charge is -2.17.